The van der Waals surface area contributed by atoms with Crippen LogP contribution in [0.15, 0.2) is 50.1 Å². The molecule has 2 aliphatic heterocycles. The van der Waals surface area contributed by atoms with Crippen LogP contribution in [0.5, 0.6) is 5.75 Å². The van der Waals surface area contributed by atoms with Crippen molar-refractivity contribution in [3.63, 3.8) is 0 Å². The Morgan fingerprint density at radius 3 is 2.55 bits per heavy atom. The van der Waals surface area contributed by atoms with E-state index in [1.54, 1.807) is 0 Å². The van der Waals surface area contributed by atoms with Crippen molar-refractivity contribution in [2.24, 2.45) is 0 Å². The van der Waals surface area contributed by atoms with Crippen molar-refractivity contribution in [1.82, 2.24) is 15.5 Å². The number of piperidine rings is 2. The molecule has 0 bridgehead atoms. The average Bonchev–Trinajstić information content (AvgIpc) is 2.89. The summed E-state index contributed by atoms with van der Waals surface area (Å²) in [5, 5.41) is 6.57. The maximum atomic E-state index is 13.6. The van der Waals surface area contributed by atoms with Crippen LogP contribution >= 0.6 is 15.9 Å². The van der Waals surface area contributed by atoms with Gasteiger partial charge in [-0.2, -0.15) is 0 Å². The van der Waals surface area contributed by atoms with Crippen molar-refractivity contribution in [2.45, 2.75) is 50.8 Å². The van der Waals surface area contributed by atoms with Gasteiger partial charge in [0, 0.05) is 42.7 Å². The Hall–Kier alpha value is -2.82. The smallest absolute Gasteiger partial charge is 0.339 e. The molecule has 2 aliphatic rings. The van der Waals surface area contributed by atoms with Crippen molar-refractivity contribution in [3.8, 4) is 5.75 Å². The lowest BCUT2D eigenvalue weighted by Crippen LogP contribution is -2.45. The van der Waals surface area contributed by atoms with E-state index in [9.17, 15) is 18.4 Å². The molecule has 38 heavy (non-hydrogen) atoms. The van der Waals surface area contributed by atoms with Crippen LogP contribution < -0.4 is 21.0 Å². The predicted molar refractivity (Wildman–Crippen MR) is 143 cm³/mol. The fourth-order valence-corrected chi connectivity index (χ4v) is 5.58. The van der Waals surface area contributed by atoms with Gasteiger partial charge in [0.25, 0.3) is 0 Å². The molecule has 7 nitrogen and oxygen atoms in total. The number of amides is 1. The molecule has 0 aliphatic carbocycles. The van der Waals surface area contributed by atoms with Gasteiger partial charge in [-0.3, -0.25) is 9.69 Å². The van der Waals surface area contributed by atoms with Crippen LogP contribution in [0.25, 0.3) is 11.0 Å². The van der Waals surface area contributed by atoms with Gasteiger partial charge in [-0.1, -0.05) is 6.07 Å². The van der Waals surface area contributed by atoms with Gasteiger partial charge >= 0.3 is 5.63 Å². The lowest BCUT2D eigenvalue weighted by atomic mass is 10.0. The molecule has 0 spiro atoms. The molecule has 5 rings (SSSR count). The summed E-state index contributed by atoms with van der Waals surface area (Å²) in [6, 6.07) is 9.42. The fraction of sp³-hybridized carbons (Fsp3) is 0.429. The highest BCUT2D eigenvalue weighted by atomic mass is 79.9. The molecule has 3 aromatic rings. The number of halogens is 3. The SMILES string of the molecule is O=C(Cc1cc2cc(F)c(F)cc2oc1=O)NC1CCN(Cc2ccc(OC3CCNCC3)c(Br)c2)CC1. The Morgan fingerprint density at radius 2 is 1.82 bits per heavy atom. The standard InChI is InChI=1S/C28H30BrF2N3O4/c29-22-11-17(1-2-25(22)37-21-3-7-32-8-4-21)16-34-9-5-20(6-10-34)33-27(35)14-19-12-18-13-23(30)24(31)15-26(18)38-28(19)36/h1-2,11-13,15,20-21,32H,3-10,14,16H2,(H,33,35). The number of likely N-dealkylation sites (tertiary alicyclic amines) is 1. The van der Waals surface area contributed by atoms with Crippen molar-refractivity contribution in [3.05, 3.63) is 74.1 Å². The number of hydrogen-bond donors (Lipinski definition) is 2. The molecular formula is C28H30BrF2N3O4. The van der Waals surface area contributed by atoms with Gasteiger partial charge in [-0.15, -0.1) is 0 Å². The van der Waals surface area contributed by atoms with E-state index in [-0.39, 0.29) is 41.0 Å². The fourth-order valence-electron chi connectivity index (χ4n) is 5.06. The largest absolute Gasteiger partial charge is 0.489 e. The molecule has 2 fully saturated rings. The van der Waals surface area contributed by atoms with Crippen LogP contribution in [0, 0.1) is 11.6 Å². The molecule has 2 saturated heterocycles. The quantitative estimate of drug-likeness (QED) is 0.400. The lowest BCUT2D eigenvalue weighted by molar-refractivity contribution is -0.121. The molecule has 2 N–H and O–H groups in total. The number of nitrogens with one attached hydrogen (secondary N) is 2. The molecule has 10 heteroatoms. The first-order valence-electron chi connectivity index (χ1n) is 12.9. The average molecular weight is 590 g/mol. The van der Waals surface area contributed by atoms with Crippen LogP contribution in [0.4, 0.5) is 8.78 Å². The second-order valence-corrected chi connectivity index (χ2v) is 10.8. The number of rotatable bonds is 7. The maximum Gasteiger partial charge on any atom is 0.339 e. The third-order valence-electron chi connectivity index (χ3n) is 7.13. The Balaban J connectivity index is 1.10. The molecule has 0 atom stereocenters. The highest BCUT2D eigenvalue weighted by molar-refractivity contribution is 9.10. The van der Waals surface area contributed by atoms with Gasteiger partial charge in [0.1, 0.15) is 17.4 Å². The van der Waals surface area contributed by atoms with Gasteiger partial charge < -0.3 is 19.8 Å². The minimum atomic E-state index is -1.09. The summed E-state index contributed by atoms with van der Waals surface area (Å²) < 4.78 is 39.2. The minimum absolute atomic E-state index is 0.00489. The third kappa shape index (κ3) is 6.59. The highest BCUT2D eigenvalue weighted by Crippen LogP contribution is 2.29. The van der Waals surface area contributed by atoms with E-state index < -0.39 is 17.3 Å². The van der Waals surface area contributed by atoms with E-state index in [2.05, 4.69) is 43.6 Å². The van der Waals surface area contributed by atoms with Gasteiger partial charge in [-0.25, -0.2) is 13.6 Å². The second-order valence-electron chi connectivity index (χ2n) is 9.99. The molecule has 3 heterocycles. The topological polar surface area (TPSA) is 83.8 Å². The summed E-state index contributed by atoms with van der Waals surface area (Å²) in [7, 11) is 0. The van der Waals surface area contributed by atoms with E-state index >= 15 is 0 Å². The zero-order valence-corrected chi connectivity index (χ0v) is 22.5. The van der Waals surface area contributed by atoms with Gasteiger partial charge in [-0.05, 0) is 84.5 Å². The first-order valence-corrected chi connectivity index (χ1v) is 13.7. The molecule has 1 amide bonds. The Bertz CT molecular complexity index is 1370. The van der Waals surface area contributed by atoms with Crippen molar-refractivity contribution >= 4 is 32.8 Å². The van der Waals surface area contributed by atoms with Crippen molar-refractivity contribution in [2.75, 3.05) is 26.2 Å². The monoisotopic (exact) mass is 589 g/mol. The van der Waals surface area contributed by atoms with Crippen LogP contribution in [0.3, 0.4) is 0 Å². The summed E-state index contributed by atoms with van der Waals surface area (Å²) in [5.41, 5.74) is 0.515. The van der Waals surface area contributed by atoms with Crippen LogP contribution in [-0.2, 0) is 17.8 Å². The van der Waals surface area contributed by atoms with E-state index in [4.69, 9.17) is 9.15 Å². The van der Waals surface area contributed by atoms with Gasteiger partial charge in [0.05, 0.1) is 10.9 Å². The molecule has 2 aromatic carbocycles. The van der Waals surface area contributed by atoms with E-state index in [0.29, 0.717) is 0 Å². The highest BCUT2D eigenvalue weighted by Gasteiger charge is 2.22. The summed E-state index contributed by atoms with van der Waals surface area (Å²) >= 11 is 3.66. The molecule has 0 saturated carbocycles. The van der Waals surface area contributed by atoms with Gasteiger partial charge in [0.2, 0.25) is 5.91 Å². The summed E-state index contributed by atoms with van der Waals surface area (Å²) in [4.78, 5) is 27.2. The first-order chi connectivity index (χ1) is 18.3. The molecule has 1 aromatic heterocycles. The molecule has 0 unspecified atom stereocenters. The van der Waals surface area contributed by atoms with E-state index in [1.807, 2.05) is 6.07 Å². The number of benzene rings is 2. The third-order valence-corrected chi connectivity index (χ3v) is 7.75. The molecular weight excluding hydrogens is 560 g/mol. The second kappa shape index (κ2) is 11.9. The van der Waals surface area contributed by atoms with Crippen molar-refractivity contribution < 1.29 is 22.7 Å². The summed E-state index contributed by atoms with van der Waals surface area (Å²) in [6.07, 6.45) is 3.67. The predicted octanol–water partition coefficient (Wildman–Crippen LogP) is 4.29. The zero-order valence-electron chi connectivity index (χ0n) is 20.9. The number of hydrogen-bond acceptors (Lipinski definition) is 6. The Labute approximate surface area is 227 Å². The summed E-state index contributed by atoms with van der Waals surface area (Å²) in [6.45, 7) is 4.44. The number of ether oxygens (including phenoxy) is 1. The first kappa shape index (κ1) is 26.8. The zero-order chi connectivity index (χ0) is 26.6. The van der Waals surface area contributed by atoms with Crippen molar-refractivity contribution in [1.29, 1.82) is 0 Å². The van der Waals surface area contributed by atoms with Crippen LogP contribution in [0.2, 0.25) is 0 Å². The van der Waals surface area contributed by atoms with Gasteiger partial charge in [0.15, 0.2) is 11.6 Å². The normalized spacial score (nSPS) is 17.6. The maximum absolute atomic E-state index is 13.6. The number of nitrogens with zero attached hydrogens (tertiary/aromatic N) is 1. The number of fused-ring (bicyclic) bond motifs is 1. The van der Waals surface area contributed by atoms with E-state index in [1.165, 1.54) is 11.6 Å². The number of carbonyl (C=O) groups is 1. The molecule has 0 radical (unpaired) electrons. The Kier molecular flexibility index (Phi) is 8.40. The Morgan fingerprint density at radius 1 is 1.08 bits per heavy atom. The minimum Gasteiger partial charge on any atom is -0.489 e. The lowest BCUT2D eigenvalue weighted by Gasteiger charge is -2.32. The summed E-state index contributed by atoms with van der Waals surface area (Å²) in [5.74, 6) is -1.56. The van der Waals surface area contributed by atoms with Crippen LogP contribution in [0.1, 0.15) is 36.8 Å². The molecule has 202 valence electrons. The number of carbonyl (C=O) groups excluding carboxylic acids is 1. The van der Waals surface area contributed by atoms with E-state index in [0.717, 1.165) is 80.8 Å². The van der Waals surface area contributed by atoms with Crippen LogP contribution in [-0.4, -0.2) is 49.1 Å².